The van der Waals surface area contributed by atoms with E-state index in [-0.39, 0.29) is 37.1 Å². The highest BCUT2D eigenvalue weighted by molar-refractivity contribution is 5.96. The number of amides is 2. The molecule has 1 fully saturated rings. The summed E-state index contributed by atoms with van der Waals surface area (Å²) in [5.41, 5.74) is -1.25. The van der Waals surface area contributed by atoms with E-state index >= 15 is 0 Å². The summed E-state index contributed by atoms with van der Waals surface area (Å²) in [5, 5.41) is 2.92. The molecule has 27 heavy (non-hydrogen) atoms. The highest BCUT2D eigenvalue weighted by Gasteiger charge is 2.36. The van der Waals surface area contributed by atoms with Gasteiger partial charge in [0.25, 0.3) is 5.91 Å². The lowest BCUT2D eigenvalue weighted by molar-refractivity contribution is -0.138. The molecule has 150 valence electrons. The third kappa shape index (κ3) is 5.69. The van der Waals surface area contributed by atoms with Crippen molar-refractivity contribution in [3.63, 3.8) is 0 Å². The van der Waals surface area contributed by atoms with Gasteiger partial charge in [-0.05, 0) is 25.0 Å². The first-order valence-corrected chi connectivity index (χ1v) is 9.06. The molecule has 1 saturated heterocycles. The third-order valence-corrected chi connectivity index (χ3v) is 4.88. The van der Waals surface area contributed by atoms with E-state index in [0.29, 0.717) is 19.0 Å². The van der Waals surface area contributed by atoms with Crippen molar-refractivity contribution in [2.24, 2.45) is 5.92 Å². The van der Waals surface area contributed by atoms with E-state index < -0.39 is 17.6 Å². The molecule has 1 aliphatic rings. The van der Waals surface area contributed by atoms with Crippen LogP contribution < -0.4 is 5.32 Å². The maximum absolute atomic E-state index is 13.1. The molecular weight excluding hydrogens is 359 g/mol. The van der Waals surface area contributed by atoms with E-state index in [9.17, 15) is 22.8 Å². The van der Waals surface area contributed by atoms with Crippen molar-refractivity contribution in [2.75, 3.05) is 32.7 Å². The minimum atomic E-state index is -4.57. The Morgan fingerprint density at radius 2 is 1.67 bits per heavy atom. The van der Waals surface area contributed by atoms with E-state index in [1.165, 1.54) is 23.1 Å². The molecule has 0 radical (unpaired) electrons. The van der Waals surface area contributed by atoms with Crippen LogP contribution in [0.4, 0.5) is 13.2 Å². The topological polar surface area (TPSA) is 52.7 Å². The van der Waals surface area contributed by atoms with E-state index in [4.69, 9.17) is 0 Å². The van der Waals surface area contributed by atoms with Gasteiger partial charge in [-0.2, -0.15) is 13.2 Å². The predicted octanol–water partition coefficient (Wildman–Crippen LogP) is 2.62. The number of carbonyl (C=O) groups is 2. The van der Waals surface area contributed by atoms with Crippen LogP contribution in [-0.2, 0) is 11.0 Å². The average Bonchev–Trinajstić information content (AvgIpc) is 2.60. The van der Waals surface area contributed by atoms with Crippen molar-refractivity contribution in [3.8, 4) is 0 Å². The van der Waals surface area contributed by atoms with Crippen molar-refractivity contribution in [1.29, 1.82) is 0 Å². The predicted molar refractivity (Wildman–Crippen MR) is 96.2 cm³/mol. The summed E-state index contributed by atoms with van der Waals surface area (Å²) in [6.07, 6.45) is -4.57. The Kier molecular flexibility index (Phi) is 6.86. The number of hydrogen-bond acceptors (Lipinski definition) is 3. The first kappa shape index (κ1) is 21.2. The fourth-order valence-corrected chi connectivity index (χ4v) is 2.87. The van der Waals surface area contributed by atoms with Crippen LogP contribution in [0.25, 0.3) is 0 Å². The van der Waals surface area contributed by atoms with E-state index in [1.54, 1.807) is 0 Å². The van der Waals surface area contributed by atoms with Gasteiger partial charge in [-0.15, -0.1) is 0 Å². The first-order chi connectivity index (χ1) is 12.6. The van der Waals surface area contributed by atoms with Crippen LogP contribution in [0.3, 0.4) is 0 Å². The normalized spacial score (nSPS) is 17.1. The van der Waals surface area contributed by atoms with E-state index in [2.05, 4.69) is 5.32 Å². The lowest BCUT2D eigenvalue weighted by atomic mass is 10.1. The zero-order valence-corrected chi connectivity index (χ0v) is 15.8. The number of rotatable bonds is 5. The number of carbonyl (C=O) groups excluding carboxylic acids is 2. The molecular formula is C19H26F3N3O2. The second-order valence-corrected chi connectivity index (χ2v) is 7.21. The van der Waals surface area contributed by atoms with Gasteiger partial charge in [-0.3, -0.25) is 14.5 Å². The molecule has 1 N–H and O–H groups in total. The van der Waals surface area contributed by atoms with Gasteiger partial charge in [0, 0.05) is 32.2 Å². The summed E-state index contributed by atoms with van der Waals surface area (Å²) in [7, 11) is 0. The van der Waals surface area contributed by atoms with Crippen LogP contribution in [0.15, 0.2) is 24.3 Å². The monoisotopic (exact) mass is 385 g/mol. The summed E-state index contributed by atoms with van der Waals surface area (Å²) >= 11 is 0. The Hall–Kier alpha value is -2.09. The van der Waals surface area contributed by atoms with E-state index in [0.717, 1.165) is 6.07 Å². The smallest absolute Gasteiger partial charge is 0.352 e. The molecule has 1 atom stereocenters. The van der Waals surface area contributed by atoms with Crippen molar-refractivity contribution >= 4 is 11.8 Å². The van der Waals surface area contributed by atoms with Crippen molar-refractivity contribution in [2.45, 2.75) is 33.0 Å². The maximum atomic E-state index is 13.1. The zero-order chi connectivity index (χ0) is 20.2. The second kappa shape index (κ2) is 8.73. The minimum absolute atomic E-state index is 0.0687. The Balaban J connectivity index is 1.93. The molecule has 1 aliphatic heterocycles. The number of benzene rings is 1. The molecule has 1 aromatic rings. The second-order valence-electron chi connectivity index (χ2n) is 7.21. The van der Waals surface area contributed by atoms with Gasteiger partial charge in [-0.1, -0.05) is 26.0 Å². The minimum Gasteiger partial charge on any atom is -0.352 e. The molecule has 2 amide bonds. The number of hydrogen-bond donors (Lipinski definition) is 1. The Labute approximate surface area is 157 Å². The summed E-state index contributed by atoms with van der Waals surface area (Å²) in [6.45, 7) is 7.68. The molecule has 5 nitrogen and oxygen atoms in total. The molecule has 2 rings (SSSR count). The summed E-state index contributed by atoms with van der Waals surface area (Å²) in [5.74, 6) is -0.379. The van der Waals surface area contributed by atoms with Gasteiger partial charge in [0.05, 0.1) is 17.7 Å². The summed E-state index contributed by atoms with van der Waals surface area (Å²) in [6, 6.07) is 4.90. The molecule has 1 unspecified atom stereocenters. The molecule has 8 heteroatoms. The van der Waals surface area contributed by atoms with Gasteiger partial charge in [0.2, 0.25) is 5.91 Å². The van der Waals surface area contributed by atoms with Gasteiger partial charge < -0.3 is 10.2 Å². The van der Waals surface area contributed by atoms with Gasteiger partial charge >= 0.3 is 6.18 Å². The molecule has 0 aromatic heterocycles. The standard InChI is InChI=1S/C19H26F3N3O2/c1-13(2)14(3)23-17(26)12-24-8-10-25(11-9-24)18(27)15-6-4-5-7-16(15)19(20,21)22/h4-7,13-14H,8-12H2,1-3H3,(H,23,26). The molecule has 1 aromatic carbocycles. The molecule has 0 aliphatic carbocycles. The number of nitrogens with one attached hydrogen (secondary N) is 1. The van der Waals surface area contributed by atoms with Crippen LogP contribution in [0, 0.1) is 5.92 Å². The van der Waals surface area contributed by atoms with Crippen LogP contribution in [0.5, 0.6) is 0 Å². The average molecular weight is 385 g/mol. The van der Waals surface area contributed by atoms with E-state index in [1.807, 2.05) is 25.7 Å². The van der Waals surface area contributed by atoms with Gasteiger partial charge in [0.15, 0.2) is 0 Å². The third-order valence-electron chi connectivity index (χ3n) is 4.88. The quantitative estimate of drug-likeness (QED) is 0.848. The van der Waals surface area contributed by atoms with Crippen molar-refractivity contribution in [1.82, 2.24) is 15.1 Å². The Morgan fingerprint density at radius 3 is 2.22 bits per heavy atom. The zero-order valence-electron chi connectivity index (χ0n) is 15.8. The highest BCUT2D eigenvalue weighted by atomic mass is 19.4. The van der Waals surface area contributed by atoms with Crippen LogP contribution in [0.2, 0.25) is 0 Å². The number of alkyl halides is 3. The molecule has 0 spiro atoms. The molecule has 0 bridgehead atoms. The largest absolute Gasteiger partial charge is 0.417 e. The SMILES string of the molecule is CC(C)C(C)NC(=O)CN1CCN(C(=O)c2ccccc2C(F)(F)F)CC1. The fraction of sp³-hybridized carbons (Fsp3) is 0.579. The van der Waals surface area contributed by atoms with Gasteiger partial charge in [0.1, 0.15) is 0 Å². The van der Waals surface area contributed by atoms with Crippen LogP contribution in [0.1, 0.15) is 36.7 Å². The highest BCUT2D eigenvalue weighted by Crippen LogP contribution is 2.32. The Bertz CT molecular complexity index is 668. The summed E-state index contributed by atoms with van der Waals surface area (Å²) in [4.78, 5) is 27.9. The Morgan fingerprint density at radius 1 is 1.07 bits per heavy atom. The van der Waals surface area contributed by atoms with Crippen molar-refractivity contribution in [3.05, 3.63) is 35.4 Å². The lowest BCUT2D eigenvalue weighted by Gasteiger charge is -2.35. The maximum Gasteiger partial charge on any atom is 0.417 e. The number of halogens is 3. The fourth-order valence-electron chi connectivity index (χ4n) is 2.87. The lowest BCUT2D eigenvalue weighted by Crippen LogP contribution is -2.52. The van der Waals surface area contributed by atoms with Gasteiger partial charge in [-0.25, -0.2) is 0 Å². The van der Waals surface area contributed by atoms with Crippen LogP contribution >= 0.6 is 0 Å². The number of nitrogens with zero attached hydrogens (tertiary/aromatic N) is 2. The van der Waals surface area contributed by atoms with Crippen molar-refractivity contribution < 1.29 is 22.8 Å². The number of piperazine rings is 1. The first-order valence-electron chi connectivity index (χ1n) is 9.06. The summed E-state index contributed by atoms with van der Waals surface area (Å²) < 4.78 is 39.4. The molecule has 0 saturated carbocycles. The molecule has 1 heterocycles. The van der Waals surface area contributed by atoms with Crippen LogP contribution in [-0.4, -0.2) is 60.4 Å².